The maximum absolute atomic E-state index is 6.27. The van der Waals surface area contributed by atoms with E-state index in [1.54, 1.807) is 0 Å². The number of anilines is 3. The molecule has 0 aliphatic rings. The van der Waals surface area contributed by atoms with Crippen molar-refractivity contribution in [3.05, 3.63) is 176 Å². The largest absolute Gasteiger partial charge is 0.456 e. The molecule has 0 spiro atoms. The highest BCUT2D eigenvalue weighted by atomic mass is 16.3. The highest BCUT2D eigenvalue weighted by Gasteiger charge is 2.18. The van der Waals surface area contributed by atoms with Gasteiger partial charge in [0.15, 0.2) is 0 Å². The van der Waals surface area contributed by atoms with Crippen molar-refractivity contribution in [2.24, 2.45) is 0 Å². The monoisotopic (exact) mass is 587 g/mol. The Labute approximate surface area is 267 Å². The zero-order valence-electron chi connectivity index (χ0n) is 25.1. The fraction of sp³-hybridized carbons (Fsp3) is 0. The normalized spacial score (nSPS) is 11.5. The number of benzene rings is 8. The second-order valence-corrected chi connectivity index (χ2v) is 11.7. The molecule has 0 aliphatic heterocycles. The van der Waals surface area contributed by atoms with E-state index in [2.05, 4.69) is 169 Å². The van der Waals surface area contributed by atoms with Crippen molar-refractivity contribution in [1.82, 2.24) is 0 Å². The van der Waals surface area contributed by atoms with Gasteiger partial charge in [0, 0.05) is 32.9 Å². The second kappa shape index (κ2) is 10.8. The van der Waals surface area contributed by atoms with Crippen LogP contribution in [0.3, 0.4) is 0 Å². The summed E-state index contributed by atoms with van der Waals surface area (Å²) < 4.78 is 6.27. The van der Waals surface area contributed by atoms with Gasteiger partial charge in [-0.2, -0.15) is 0 Å². The van der Waals surface area contributed by atoms with Gasteiger partial charge >= 0.3 is 0 Å². The molecule has 216 valence electrons. The fourth-order valence-corrected chi connectivity index (χ4v) is 6.98. The molecule has 0 aliphatic carbocycles. The molecular formula is C44H29NO. The van der Waals surface area contributed by atoms with Crippen LogP contribution in [0, 0.1) is 0 Å². The fourth-order valence-electron chi connectivity index (χ4n) is 6.98. The Morgan fingerprint density at radius 2 is 1.00 bits per heavy atom. The summed E-state index contributed by atoms with van der Waals surface area (Å²) in [5.41, 5.74) is 10.0. The molecule has 0 saturated carbocycles. The van der Waals surface area contributed by atoms with Gasteiger partial charge in [-0.15, -0.1) is 0 Å². The second-order valence-electron chi connectivity index (χ2n) is 11.7. The Hall–Kier alpha value is -6.12. The summed E-state index contributed by atoms with van der Waals surface area (Å²) in [6.07, 6.45) is 0. The molecule has 9 aromatic rings. The molecule has 0 radical (unpaired) electrons. The molecule has 0 unspecified atom stereocenters. The lowest BCUT2D eigenvalue weighted by molar-refractivity contribution is 0.669. The van der Waals surface area contributed by atoms with Crippen LogP contribution in [0.15, 0.2) is 180 Å². The Morgan fingerprint density at radius 3 is 1.80 bits per heavy atom. The third kappa shape index (κ3) is 4.27. The number of hydrogen-bond donors (Lipinski definition) is 0. The molecule has 0 bridgehead atoms. The highest BCUT2D eigenvalue weighted by Crippen LogP contribution is 2.44. The quantitative estimate of drug-likeness (QED) is 0.199. The summed E-state index contributed by atoms with van der Waals surface area (Å²) in [4.78, 5) is 2.37. The van der Waals surface area contributed by atoms with E-state index in [0.29, 0.717) is 0 Å². The van der Waals surface area contributed by atoms with Gasteiger partial charge in [-0.05, 0) is 75.5 Å². The minimum Gasteiger partial charge on any atom is -0.456 e. The SMILES string of the molecule is c1ccc(-c2ccc(N(c3ccccc3)c3ccc(-c4cccc5ccc6oc7ccccc7c6c45)cc3)c3ccccc23)cc1. The number of nitrogens with zero attached hydrogens (tertiary/aromatic N) is 1. The van der Waals surface area contributed by atoms with Crippen molar-refractivity contribution in [2.75, 3.05) is 4.90 Å². The molecule has 0 amide bonds. The average Bonchev–Trinajstić information content (AvgIpc) is 3.52. The molecule has 0 fully saturated rings. The molecule has 8 aromatic carbocycles. The van der Waals surface area contributed by atoms with Crippen LogP contribution < -0.4 is 4.90 Å². The predicted octanol–water partition coefficient (Wildman–Crippen LogP) is 12.7. The standard InChI is InChI=1S/C44H29NO/c1-3-12-30(13-4-1)35-27-28-40(38-18-8-7-17-37(35)38)45(33-15-5-2-6-16-33)34-25-22-31(23-26-34)36-20-11-14-32-24-29-42-44(43(32)36)39-19-9-10-21-41(39)46-42/h1-29H. The summed E-state index contributed by atoms with van der Waals surface area (Å²) in [6.45, 7) is 0. The van der Waals surface area contributed by atoms with E-state index in [9.17, 15) is 0 Å². The molecule has 1 aromatic heterocycles. The molecule has 2 nitrogen and oxygen atoms in total. The number of hydrogen-bond acceptors (Lipinski definition) is 2. The molecule has 0 N–H and O–H groups in total. The van der Waals surface area contributed by atoms with Crippen molar-refractivity contribution in [2.45, 2.75) is 0 Å². The molecule has 2 heteroatoms. The molecular weight excluding hydrogens is 558 g/mol. The van der Waals surface area contributed by atoms with Gasteiger partial charge < -0.3 is 9.32 Å². The maximum atomic E-state index is 6.27. The summed E-state index contributed by atoms with van der Waals surface area (Å²) in [5.74, 6) is 0. The zero-order valence-corrected chi connectivity index (χ0v) is 25.1. The van der Waals surface area contributed by atoms with Crippen LogP contribution in [-0.2, 0) is 0 Å². The Morgan fingerprint density at radius 1 is 0.348 bits per heavy atom. The lowest BCUT2D eigenvalue weighted by Gasteiger charge is -2.27. The first kappa shape index (κ1) is 26.3. The van der Waals surface area contributed by atoms with Gasteiger partial charge in [0.2, 0.25) is 0 Å². The van der Waals surface area contributed by atoms with Crippen LogP contribution in [0.25, 0.3) is 65.7 Å². The molecule has 9 rings (SSSR count). The minimum atomic E-state index is 0.916. The summed E-state index contributed by atoms with van der Waals surface area (Å²) >= 11 is 0. The van der Waals surface area contributed by atoms with Crippen LogP contribution in [0.2, 0.25) is 0 Å². The minimum absolute atomic E-state index is 0.916. The molecule has 0 saturated heterocycles. The van der Waals surface area contributed by atoms with Crippen molar-refractivity contribution in [3.8, 4) is 22.3 Å². The lowest BCUT2D eigenvalue weighted by Crippen LogP contribution is -2.10. The van der Waals surface area contributed by atoms with E-state index in [-0.39, 0.29) is 0 Å². The van der Waals surface area contributed by atoms with E-state index < -0.39 is 0 Å². The summed E-state index contributed by atoms with van der Waals surface area (Å²) in [6, 6.07) is 62.7. The first-order valence-electron chi connectivity index (χ1n) is 15.7. The van der Waals surface area contributed by atoms with Crippen molar-refractivity contribution >= 4 is 60.5 Å². The molecule has 1 heterocycles. The smallest absolute Gasteiger partial charge is 0.136 e. The first-order valence-corrected chi connectivity index (χ1v) is 15.7. The maximum Gasteiger partial charge on any atom is 0.136 e. The van der Waals surface area contributed by atoms with Gasteiger partial charge in [-0.3, -0.25) is 0 Å². The van der Waals surface area contributed by atoms with Crippen molar-refractivity contribution < 1.29 is 4.42 Å². The first-order chi connectivity index (χ1) is 22.8. The third-order valence-electron chi connectivity index (χ3n) is 9.06. The molecule has 0 atom stereocenters. The van der Waals surface area contributed by atoms with Crippen LogP contribution in [0.1, 0.15) is 0 Å². The Balaban J connectivity index is 1.22. The van der Waals surface area contributed by atoms with E-state index in [0.717, 1.165) is 33.6 Å². The summed E-state index contributed by atoms with van der Waals surface area (Å²) in [7, 11) is 0. The van der Waals surface area contributed by atoms with Gasteiger partial charge in [-0.1, -0.05) is 133 Å². The van der Waals surface area contributed by atoms with Gasteiger partial charge in [0.25, 0.3) is 0 Å². The molecule has 46 heavy (non-hydrogen) atoms. The zero-order chi connectivity index (χ0) is 30.5. The Kier molecular flexibility index (Phi) is 6.17. The van der Waals surface area contributed by atoms with Gasteiger partial charge in [-0.25, -0.2) is 0 Å². The topological polar surface area (TPSA) is 16.4 Å². The highest BCUT2D eigenvalue weighted by molar-refractivity contribution is 6.22. The van der Waals surface area contributed by atoms with Crippen LogP contribution >= 0.6 is 0 Å². The van der Waals surface area contributed by atoms with Crippen LogP contribution in [0.4, 0.5) is 17.1 Å². The number of furan rings is 1. The average molecular weight is 588 g/mol. The van der Waals surface area contributed by atoms with Crippen LogP contribution in [0.5, 0.6) is 0 Å². The van der Waals surface area contributed by atoms with E-state index in [4.69, 9.17) is 4.42 Å². The number of rotatable bonds is 5. The van der Waals surface area contributed by atoms with Gasteiger partial charge in [0.05, 0.1) is 5.69 Å². The van der Waals surface area contributed by atoms with Gasteiger partial charge in [0.1, 0.15) is 11.2 Å². The van der Waals surface area contributed by atoms with E-state index in [1.807, 2.05) is 12.1 Å². The number of para-hydroxylation sites is 2. The lowest BCUT2D eigenvalue weighted by atomic mass is 9.94. The van der Waals surface area contributed by atoms with E-state index >= 15 is 0 Å². The van der Waals surface area contributed by atoms with E-state index in [1.165, 1.54) is 49.2 Å². The summed E-state index contributed by atoms with van der Waals surface area (Å²) in [5, 5.41) is 7.18. The van der Waals surface area contributed by atoms with Crippen LogP contribution in [-0.4, -0.2) is 0 Å². The Bertz CT molecular complexity index is 2510. The predicted molar refractivity (Wildman–Crippen MR) is 194 cm³/mol. The van der Waals surface area contributed by atoms with Crippen molar-refractivity contribution in [1.29, 1.82) is 0 Å². The van der Waals surface area contributed by atoms with Crippen molar-refractivity contribution in [3.63, 3.8) is 0 Å². The third-order valence-corrected chi connectivity index (χ3v) is 9.06. The number of fused-ring (bicyclic) bond motifs is 6.